The molecule has 0 fully saturated rings. The van der Waals surface area contributed by atoms with Crippen LogP contribution in [0.15, 0.2) is 42.5 Å². The summed E-state index contributed by atoms with van der Waals surface area (Å²) in [6, 6.07) is 12.8. The summed E-state index contributed by atoms with van der Waals surface area (Å²) in [6.45, 7) is 0.377. The van der Waals surface area contributed by atoms with E-state index < -0.39 is 5.97 Å². The van der Waals surface area contributed by atoms with Gasteiger partial charge >= 0.3 is 5.97 Å². The molecule has 0 amide bonds. The van der Waals surface area contributed by atoms with E-state index in [2.05, 4.69) is 0 Å². The lowest BCUT2D eigenvalue weighted by Crippen LogP contribution is -2.11. The predicted octanol–water partition coefficient (Wildman–Crippen LogP) is 5.45. The Morgan fingerprint density at radius 2 is 1.80 bits per heavy atom. The van der Waals surface area contributed by atoms with Crippen molar-refractivity contribution in [1.29, 1.82) is 0 Å². The maximum absolute atomic E-state index is 12.3. The van der Waals surface area contributed by atoms with Gasteiger partial charge in [0.25, 0.3) is 0 Å². The number of hydrogen-bond donors (Lipinski definition) is 0. The van der Waals surface area contributed by atoms with Gasteiger partial charge in [-0.25, -0.2) is 4.79 Å². The monoisotopic (exact) mass is 396 g/mol. The number of carbonyl (C=O) groups excluding carboxylic acids is 1. The van der Waals surface area contributed by atoms with Crippen LogP contribution in [0.4, 0.5) is 0 Å². The lowest BCUT2D eigenvalue weighted by molar-refractivity contribution is 0.0456. The Morgan fingerprint density at radius 1 is 1.04 bits per heavy atom. The fraction of sp³-hybridized carbons (Fsp3) is 0.167. The number of esters is 1. The van der Waals surface area contributed by atoms with Gasteiger partial charge in [0.2, 0.25) is 0 Å². The molecule has 1 aromatic heterocycles. The van der Waals surface area contributed by atoms with E-state index in [1.54, 1.807) is 12.1 Å². The molecule has 0 unspecified atom stereocenters. The van der Waals surface area contributed by atoms with E-state index >= 15 is 0 Å². The Morgan fingerprint density at radius 3 is 2.52 bits per heavy atom. The van der Waals surface area contributed by atoms with E-state index in [-0.39, 0.29) is 13.2 Å². The SMILES string of the molecule is COc1ccc2c(Cl)c(C(=O)OCCOc3ccccc3)sc2c1Cl. The average Bonchev–Trinajstić information content (AvgIpc) is 2.98. The van der Waals surface area contributed by atoms with E-state index in [0.29, 0.717) is 30.8 Å². The summed E-state index contributed by atoms with van der Waals surface area (Å²) >= 11 is 13.8. The number of carbonyl (C=O) groups is 1. The summed E-state index contributed by atoms with van der Waals surface area (Å²) < 4.78 is 16.6. The second-order valence-electron chi connectivity index (χ2n) is 5.00. The molecule has 3 rings (SSSR count). The van der Waals surface area contributed by atoms with Crippen LogP contribution in [0.5, 0.6) is 11.5 Å². The molecule has 0 bridgehead atoms. The van der Waals surface area contributed by atoms with Gasteiger partial charge in [-0.2, -0.15) is 0 Å². The second-order valence-corrected chi connectivity index (χ2v) is 6.78. The van der Waals surface area contributed by atoms with Crippen molar-refractivity contribution in [1.82, 2.24) is 0 Å². The summed E-state index contributed by atoms with van der Waals surface area (Å²) in [6.07, 6.45) is 0. The van der Waals surface area contributed by atoms with Crippen molar-refractivity contribution in [2.45, 2.75) is 0 Å². The van der Waals surface area contributed by atoms with E-state index in [0.717, 1.165) is 5.75 Å². The summed E-state index contributed by atoms with van der Waals surface area (Å²) in [5.74, 6) is 0.749. The van der Waals surface area contributed by atoms with Gasteiger partial charge in [0.05, 0.1) is 16.8 Å². The molecule has 0 spiro atoms. The number of methoxy groups -OCH3 is 1. The third-order valence-corrected chi connectivity index (χ3v) is 5.63. The molecule has 4 nitrogen and oxygen atoms in total. The van der Waals surface area contributed by atoms with E-state index in [4.69, 9.17) is 37.4 Å². The Balaban J connectivity index is 1.68. The van der Waals surface area contributed by atoms with Crippen molar-refractivity contribution in [3.8, 4) is 11.5 Å². The Kier molecular flexibility index (Phi) is 5.68. The third-order valence-electron chi connectivity index (χ3n) is 3.44. The van der Waals surface area contributed by atoms with Crippen LogP contribution in [0.25, 0.3) is 10.1 Å². The number of para-hydroxylation sites is 1. The second kappa shape index (κ2) is 7.95. The number of halogens is 2. The van der Waals surface area contributed by atoms with E-state index in [1.807, 2.05) is 30.3 Å². The Bertz CT molecular complexity index is 893. The summed E-state index contributed by atoms with van der Waals surface area (Å²) in [7, 11) is 1.53. The largest absolute Gasteiger partial charge is 0.495 e. The first kappa shape index (κ1) is 17.9. The molecule has 3 aromatic rings. The van der Waals surface area contributed by atoms with Crippen LogP contribution in [0.2, 0.25) is 10.0 Å². The van der Waals surface area contributed by atoms with Crippen LogP contribution in [-0.4, -0.2) is 26.3 Å². The number of fused-ring (bicyclic) bond motifs is 1. The summed E-state index contributed by atoms with van der Waals surface area (Å²) in [4.78, 5) is 12.6. The van der Waals surface area contributed by atoms with Crippen LogP contribution >= 0.6 is 34.5 Å². The molecular weight excluding hydrogens is 383 g/mol. The van der Waals surface area contributed by atoms with Crippen molar-refractivity contribution in [2.24, 2.45) is 0 Å². The molecule has 0 aliphatic carbocycles. The standard InChI is InChI=1S/C18H14Cl2O4S/c1-22-13-8-7-12-14(19)17(25-16(12)15(13)20)18(21)24-10-9-23-11-5-3-2-4-6-11/h2-8H,9-10H2,1H3. The van der Waals surface area contributed by atoms with Crippen LogP contribution in [0, 0.1) is 0 Å². The molecule has 7 heteroatoms. The molecule has 1 heterocycles. The van der Waals surface area contributed by atoms with Crippen molar-refractivity contribution in [3.05, 3.63) is 57.4 Å². The lowest BCUT2D eigenvalue weighted by Gasteiger charge is -2.06. The van der Waals surface area contributed by atoms with Crippen molar-refractivity contribution >= 4 is 50.6 Å². The minimum absolute atomic E-state index is 0.120. The highest BCUT2D eigenvalue weighted by atomic mass is 35.5. The van der Waals surface area contributed by atoms with Gasteiger partial charge in [-0.1, -0.05) is 41.4 Å². The molecule has 0 aliphatic heterocycles. The first-order chi connectivity index (χ1) is 12.1. The minimum atomic E-state index is -0.502. The zero-order valence-corrected chi connectivity index (χ0v) is 15.6. The number of benzene rings is 2. The van der Waals surface area contributed by atoms with Crippen molar-refractivity contribution < 1.29 is 19.0 Å². The minimum Gasteiger partial charge on any atom is -0.495 e. The van der Waals surface area contributed by atoms with Crippen LogP contribution in [-0.2, 0) is 4.74 Å². The maximum atomic E-state index is 12.3. The molecular formula is C18H14Cl2O4S. The zero-order chi connectivity index (χ0) is 17.8. The average molecular weight is 397 g/mol. The van der Waals surface area contributed by atoms with Gasteiger partial charge in [-0.05, 0) is 24.3 Å². The first-order valence-electron chi connectivity index (χ1n) is 7.41. The quantitative estimate of drug-likeness (QED) is 0.410. The van der Waals surface area contributed by atoms with Gasteiger partial charge in [0.15, 0.2) is 0 Å². The van der Waals surface area contributed by atoms with Gasteiger partial charge in [-0.15, -0.1) is 11.3 Å². The first-order valence-corrected chi connectivity index (χ1v) is 8.98. The number of hydrogen-bond acceptors (Lipinski definition) is 5. The van der Waals surface area contributed by atoms with Gasteiger partial charge in [0.1, 0.15) is 34.6 Å². The zero-order valence-electron chi connectivity index (χ0n) is 13.3. The molecule has 0 saturated carbocycles. The van der Waals surface area contributed by atoms with Crippen molar-refractivity contribution in [2.75, 3.05) is 20.3 Å². The lowest BCUT2D eigenvalue weighted by atomic mass is 10.2. The van der Waals surface area contributed by atoms with Crippen LogP contribution < -0.4 is 9.47 Å². The maximum Gasteiger partial charge on any atom is 0.350 e. The fourth-order valence-corrected chi connectivity index (χ4v) is 4.03. The number of thiophene rings is 1. The van der Waals surface area contributed by atoms with E-state index in [1.165, 1.54) is 18.4 Å². The normalized spacial score (nSPS) is 10.7. The molecule has 0 saturated heterocycles. The highest BCUT2D eigenvalue weighted by Crippen LogP contribution is 2.43. The van der Waals surface area contributed by atoms with E-state index in [9.17, 15) is 4.79 Å². The Labute approximate surface area is 158 Å². The molecule has 2 aromatic carbocycles. The molecule has 25 heavy (non-hydrogen) atoms. The third kappa shape index (κ3) is 3.84. The van der Waals surface area contributed by atoms with Crippen LogP contribution in [0.1, 0.15) is 9.67 Å². The number of ether oxygens (including phenoxy) is 3. The predicted molar refractivity (Wildman–Crippen MR) is 101 cm³/mol. The summed E-state index contributed by atoms with van der Waals surface area (Å²) in [5, 5.41) is 1.46. The van der Waals surface area contributed by atoms with Gasteiger partial charge in [-0.3, -0.25) is 0 Å². The van der Waals surface area contributed by atoms with Crippen LogP contribution in [0.3, 0.4) is 0 Å². The number of rotatable bonds is 6. The van der Waals surface area contributed by atoms with Gasteiger partial charge in [0, 0.05) is 5.39 Å². The van der Waals surface area contributed by atoms with Crippen molar-refractivity contribution in [3.63, 3.8) is 0 Å². The fourth-order valence-electron chi connectivity index (χ4n) is 2.24. The molecule has 130 valence electrons. The van der Waals surface area contributed by atoms with Gasteiger partial charge < -0.3 is 14.2 Å². The molecule has 0 radical (unpaired) electrons. The smallest absolute Gasteiger partial charge is 0.350 e. The topological polar surface area (TPSA) is 44.8 Å². The molecule has 0 atom stereocenters. The Hall–Kier alpha value is -1.95. The molecule has 0 N–H and O–H groups in total. The molecule has 0 aliphatic rings. The highest BCUT2D eigenvalue weighted by Gasteiger charge is 2.21. The highest BCUT2D eigenvalue weighted by molar-refractivity contribution is 7.22. The summed E-state index contributed by atoms with van der Waals surface area (Å²) in [5.41, 5.74) is 0.